The van der Waals surface area contributed by atoms with Crippen LogP contribution < -0.4 is 14.8 Å². The zero-order chi connectivity index (χ0) is 24.2. The Kier molecular flexibility index (Phi) is 7.66. The highest BCUT2D eigenvalue weighted by Gasteiger charge is 2.33. The first-order chi connectivity index (χ1) is 15.5. The van der Waals surface area contributed by atoms with E-state index in [4.69, 9.17) is 9.47 Å². The lowest BCUT2D eigenvalue weighted by molar-refractivity contribution is -0.0948. The van der Waals surface area contributed by atoms with Gasteiger partial charge in [-0.05, 0) is 70.2 Å². The number of ether oxygens (including phenoxy) is 2. The summed E-state index contributed by atoms with van der Waals surface area (Å²) in [6.07, 6.45) is 0.257. The number of nitrogens with one attached hydrogen (secondary N) is 2. The molecule has 2 aromatic rings. The van der Waals surface area contributed by atoms with Crippen LogP contribution in [0.4, 0.5) is 5.69 Å². The number of sulfonamides is 1. The third-order valence-corrected chi connectivity index (χ3v) is 7.08. The summed E-state index contributed by atoms with van der Waals surface area (Å²) in [5.74, 6) is 0.305. The number of hydrogen-bond donors (Lipinski definition) is 2. The van der Waals surface area contributed by atoms with E-state index in [2.05, 4.69) is 28.8 Å². The van der Waals surface area contributed by atoms with Crippen molar-refractivity contribution < 1.29 is 22.7 Å². The van der Waals surface area contributed by atoms with Crippen LogP contribution in [0, 0.1) is 0 Å². The molecule has 1 aliphatic rings. The van der Waals surface area contributed by atoms with Gasteiger partial charge in [-0.2, -0.15) is 0 Å². The molecule has 9 heteroatoms. The second-order valence-corrected chi connectivity index (χ2v) is 10.7. The fourth-order valence-electron chi connectivity index (χ4n) is 3.86. The minimum Gasteiger partial charge on any atom is -0.497 e. The summed E-state index contributed by atoms with van der Waals surface area (Å²) in [5, 5.41) is 2.96. The second-order valence-electron chi connectivity index (χ2n) is 9.02. The van der Waals surface area contributed by atoms with Crippen molar-refractivity contribution in [3.05, 3.63) is 54.1 Å². The summed E-state index contributed by atoms with van der Waals surface area (Å²) >= 11 is 0. The maximum absolute atomic E-state index is 12.8. The second kappa shape index (κ2) is 10.1. The van der Waals surface area contributed by atoms with Gasteiger partial charge >= 0.3 is 0 Å². The number of carbonyl (C=O) groups is 1. The first-order valence-corrected chi connectivity index (χ1v) is 12.4. The fourth-order valence-corrected chi connectivity index (χ4v) is 4.96. The molecule has 0 spiro atoms. The minimum absolute atomic E-state index is 0.0149. The van der Waals surface area contributed by atoms with Crippen LogP contribution in [0.3, 0.4) is 0 Å². The number of amides is 1. The van der Waals surface area contributed by atoms with Gasteiger partial charge in [-0.25, -0.2) is 8.42 Å². The zero-order valence-corrected chi connectivity index (χ0v) is 20.6. The molecule has 1 amide bonds. The van der Waals surface area contributed by atoms with Gasteiger partial charge in [-0.1, -0.05) is 6.07 Å². The van der Waals surface area contributed by atoms with Gasteiger partial charge in [-0.3, -0.25) is 14.4 Å². The van der Waals surface area contributed by atoms with E-state index in [1.54, 1.807) is 43.5 Å². The van der Waals surface area contributed by atoms with Crippen LogP contribution in [-0.2, 0) is 14.8 Å². The van der Waals surface area contributed by atoms with Crippen LogP contribution in [0.5, 0.6) is 5.75 Å². The van der Waals surface area contributed by atoms with Crippen molar-refractivity contribution in [2.75, 3.05) is 31.5 Å². The summed E-state index contributed by atoms with van der Waals surface area (Å²) in [6.45, 7) is 10.3. The third kappa shape index (κ3) is 6.46. The lowest BCUT2D eigenvalue weighted by Gasteiger charge is -2.45. The van der Waals surface area contributed by atoms with Crippen LogP contribution >= 0.6 is 0 Å². The topological polar surface area (TPSA) is 97.0 Å². The van der Waals surface area contributed by atoms with Crippen molar-refractivity contribution in [2.45, 2.75) is 50.3 Å². The van der Waals surface area contributed by atoms with Crippen molar-refractivity contribution in [3.8, 4) is 5.75 Å². The molecule has 2 atom stereocenters. The first kappa shape index (κ1) is 25.0. The van der Waals surface area contributed by atoms with Gasteiger partial charge in [0.2, 0.25) is 0 Å². The Balaban J connectivity index is 1.67. The van der Waals surface area contributed by atoms with E-state index in [1.165, 1.54) is 12.1 Å². The van der Waals surface area contributed by atoms with Crippen LogP contribution in [-0.4, -0.2) is 63.7 Å². The number of nitrogens with zero attached hydrogens (tertiary/aromatic N) is 1. The lowest BCUT2D eigenvalue weighted by Crippen LogP contribution is -2.58. The van der Waals surface area contributed by atoms with Crippen molar-refractivity contribution in [1.29, 1.82) is 0 Å². The molecule has 1 aliphatic heterocycles. The van der Waals surface area contributed by atoms with E-state index in [9.17, 15) is 13.2 Å². The molecule has 1 heterocycles. The van der Waals surface area contributed by atoms with E-state index >= 15 is 0 Å². The van der Waals surface area contributed by atoms with Gasteiger partial charge in [0.15, 0.2) is 0 Å². The van der Waals surface area contributed by atoms with Gasteiger partial charge in [0.05, 0.1) is 24.2 Å². The molecular weight excluding hydrogens is 442 g/mol. The Hall–Kier alpha value is -2.62. The summed E-state index contributed by atoms with van der Waals surface area (Å²) in [5.41, 5.74) is 0.412. The van der Waals surface area contributed by atoms with E-state index in [-0.39, 0.29) is 34.1 Å². The Bertz CT molecular complexity index is 1060. The molecule has 0 bridgehead atoms. The summed E-state index contributed by atoms with van der Waals surface area (Å²) in [6, 6.07) is 12.6. The highest BCUT2D eigenvalue weighted by molar-refractivity contribution is 7.92. The molecule has 33 heavy (non-hydrogen) atoms. The Morgan fingerprint density at radius 1 is 1.12 bits per heavy atom. The molecule has 0 radical (unpaired) electrons. The van der Waals surface area contributed by atoms with E-state index < -0.39 is 10.0 Å². The van der Waals surface area contributed by atoms with Crippen molar-refractivity contribution >= 4 is 21.6 Å². The monoisotopic (exact) mass is 475 g/mol. The van der Waals surface area contributed by atoms with E-state index in [1.807, 2.05) is 13.8 Å². The molecule has 8 nitrogen and oxygen atoms in total. The fraction of sp³-hybridized carbons (Fsp3) is 0.458. The average molecular weight is 476 g/mol. The van der Waals surface area contributed by atoms with Crippen molar-refractivity contribution in [2.24, 2.45) is 0 Å². The van der Waals surface area contributed by atoms with Gasteiger partial charge in [0.1, 0.15) is 5.75 Å². The largest absolute Gasteiger partial charge is 0.497 e. The van der Waals surface area contributed by atoms with Gasteiger partial charge in [0.25, 0.3) is 15.9 Å². The Morgan fingerprint density at radius 2 is 1.76 bits per heavy atom. The SMILES string of the molecule is COc1ccc(NS(=O)(=O)c2cccc(C(=O)NCC(C)(C)N3C[C@@H](C)O[C@@H](C)C3)c2)cc1. The van der Waals surface area contributed by atoms with E-state index in [0.29, 0.717) is 18.0 Å². The number of morpholine rings is 1. The number of rotatable bonds is 8. The number of anilines is 1. The van der Waals surface area contributed by atoms with Crippen LogP contribution in [0.1, 0.15) is 38.1 Å². The molecule has 0 aromatic heterocycles. The molecule has 0 saturated carbocycles. The van der Waals surface area contributed by atoms with Crippen molar-refractivity contribution in [3.63, 3.8) is 0 Å². The van der Waals surface area contributed by atoms with Crippen LogP contribution in [0.15, 0.2) is 53.4 Å². The van der Waals surface area contributed by atoms with Gasteiger partial charge in [-0.15, -0.1) is 0 Å². The average Bonchev–Trinajstić information content (AvgIpc) is 2.77. The minimum atomic E-state index is -3.85. The molecule has 0 aliphatic carbocycles. The standard InChI is InChI=1S/C24H33N3O5S/c1-17-14-27(15-18(2)32-17)24(3,4)16-25-23(28)19-7-6-8-22(13-19)33(29,30)26-20-9-11-21(31-5)12-10-20/h6-13,17-18,26H,14-16H2,1-5H3,(H,25,28)/t17-,18+. The summed E-state index contributed by atoms with van der Waals surface area (Å²) in [7, 11) is -2.31. The predicted molar refractivity (Wildman–Crippen MR) is 128 cm³/mol. The number of methoxy groups -OCH3 is 1. The normalized spacial score (nSPS) is 19.7. The summed E-state index contributed by atoms with van der Waals surface area (Å²) < 4.78 is 39.1. The molecule has 180 valence electrons. The Labute approximate surface area is 196 Å². The number of hydrogen-bond acceptors (Lipinski definition) is 6. The Morgan fingerprint density at radius 3 is 2.36 bits per heavy atom. The molecular formula is C24H33N3O5S. The van der Waals surface area contributed by atoms with Crippen LogP contribution in [0.2, 0.25) is 0 Å². The van der Waals surface area contributed by atoms with E-state index in [0.717, 1.165) is 13.1 Å². The number of carbonyl (C=O) groups excluding carboxylic acids is 1. The lowest BCUT2D eigenvalue weighted by atomic mass is 10.00. The zero-order valence-electron chi connectivity index (χ0n) is 19.8. The molecule has 3 rings (SSSR count). The predicted octanol–water partition coefficient (Wildman–Crippen LogP) is 3.11. The molecule has 1 saturated heterocycles. The van der Waals surface area contributed by atoms with Crippen molar-refractivity contribution in [1.82, 2.24) is 10.2 Å². The summed E-state index contributed by atoms with van der Waals surface area (Å²) in [4.78, 5) is 15.2. The maximum atomic E-state index is 12.8. The molecule has 2 aromatic carbocycles. The van der Waals surface area contributed by atoms with Gasteiger partial charge in [0, 0.05) is 36.4 Å². The van der Waals surface area contributed by atoms with Gasteiger partial charge < -0.3 is 14.8 Å². The smallest absolute Gasteiger partial charge is 0.261 e. The highest BCUT2D eigenvalue weighted by Crippen LogP contribution is 2.22. The number of benzene rings is 2. The molecule has 2 N–H and O–H groups in total. The quantitative estimate of drug-likeness (QED) is 0.609. The molecule has 0 unspecified atom stereocenters. The highest BCUT2D eigenvalue weighted by atomic mass is 32.2. The van der Waals surface area contributed by atoms with Crippen LogP contribution in [0.25, 0.3) is 0 Å². The third-order valence-electron chi connectivity index (χ3n) is 5.71. The first-order valence-electron chi connectivity index (χ1n) is 11.0. The molecule has 1 fully saturated rings. The maximum Gasteiger partial charge on any atom is 0.261 e.